The van der Waals surface area contributed by atoms with Crippen molar-refractivity contribution in [1.82, 2.24) is 9.29 Å². The Morgan fingerprint density at radius 1 is 1.15 bits per heavy atom. The van der Waals surface area contributed by atoms with E-state index in [0.29, 0.717) is 23.5 Å². The minimum absolute atomic E-state index is 0.0505. The number of carbonyl (C=O) groups excluding carboxylic acids is 1. The number of nitrogens with two attached hydrogens (primary N) is 1. The van der Waals surface area contributed by atoms with Crippen LogP contribution in [0, 0.1) is 0 Å². The highest BCUT2D eigenvalue weighted by Crippen LogP contribution is 2.32. The van der Waals surface area contributed by atoms with E-state index in [2.05, 4.69) is 4.98 Å². The summed E-state index contributed by atoms with van der Waals surface area (Å²) in [5.41, 5.74) is 9.05. The van der Waals surface area contributed by atoms with Crippen LogP contribution in [0.1, 0.15) is 52.4 Å². The molecular weight excluding hydrogens is 350 g/mol. The molecule has 0 saturated carbocycles. The molecule has 1 aromatic carbocycles. The molecule has 26 heavy (non-hydrogen) atoms. The fourth-order valence-electron chi connectivity index (χ4n) is 4.19. The van der Waals surface area contributed by atoms with Gasteiger partial charge in [-0.3, -0.25) is 4.79 Å². The molecule has 6 nitrogen and oxygen atoms in total. The minimum atomic E-state index is -3.54. The molecule has 3 N–H and O–H groups in total. The molecule has 7 heteroatoms. The maximum Gasteiger partial charge on any atom is 0.250 e. The van der Waals surface area contributed by atoms with Gasteiger partial charge in [-0.1, -0.05) is 6.07 Å². The number of hydrogen-bond donors (Lipinski definition) is 2. The van der Waals surface area contributed by atoms with Crippen LogP contribution in [0.2, 0.25) is 0 Å². The highest BCUT2D eigenvalue weighted by Gasteiger charge is 2.33. The summed E-state index contributed by atoms with van der Waals surface area (Å²) in [6, 6.07) is 7.18. The van der Waals surface area contributed by atoms with E-state index >= 15 is 0 Å². The van der Waals surface area contributed by atoms with Gasteiger partial charge in [-0.2, -0.15) is 4.31 Å². The molecule has 2 heterocycles. The van der Waals surface area contributed by atoms with Gasteiger partial charge < -0.3 is 10.7 Å². The van der Waals surface area contributed by atoms with Gasteiger partial charge in [-0.05, 0) is 61.4 Å². The van der Waals surface area contributed by atoms with E-state index in [4.69, 9.17) is 5.73 Å². The second-order valence-corrected chi connectivity index (χ2v) is 9.09. The lowest BCUT2D eigenvalue weighted by Gasteiger charge is -2.32. The molecule has 138 valence electrons. The Bertz CT molecular complexity index is 949. The fraction of sp³-hybridized carbons (Fsp3) is 0.421. The van der Waals surface area contributed by atoms with E-state index in [9.17, 15) is 13.2 Å². The van der Waals surface area contributed by atoms with E-state index in [-0.39, 0.29) is 5.92 Å². The number of aromatic amines is 1. The summed E-state index contributed by atoms with van der Waals surface area (Å²) >= 11 is 0. The summed E-state index contributed by atoms with van der Waals surface area (Å²) in [6.07, 6.45) is 6.34. The lowest BCUT2D eigenvalue weighted by atomic mass is 9.93. The Labute approximate surface area is 153 Å². The van der Waals surface area contributed by atoms with Crippen LogP contribution in [0.4, 0.5) is 0 Å². The third-order valence-corrected chi connectivity index (χ3v) is 7.41. The summed E-state index contributed by atoms with van der Waals surface area (Å²) in [7, 11) is -3.54. The zero-order valence-electron chi connectivity index (χ0n) is 14.6. The van der Waals surface area contributed by atoms with Crippen molar-refractivity contribution in [2.24, 2.45) is 5.73 Å². The predicted octanol–water partition coefficient (Wildman–Crippen LogP) is 2.17. The third-order valence-electron chi connectivity index (χ3n) is 5.54. The number of piperidine rings is 1. The van der Waals surface area contributed by atoms with E-state index in [1.165, 1.54) is 5.56 Å². The van der Waals surface area contributed by atoms with Gasteiger partial charge in [0.15, 0.2) is 0 Å². The lowest BCUT2D eigenvalue weighted by Crippen LogP contribution is -2.39. The molecule has 0 bridgehead atoms. The number of H-pyrrole nitrogens is 1. The molecule has 2 aromatic rings. The maximum atomic E-state index is 13.1. The first-order valence-electron chi connectivity index (χ1n) is 9.06. The van der Waals surface area contributed by atoms with Gasteiger partial charge in [0.25, 0.3) is 5.91 Å². The number of primary amides is 1. The van der Waals surface area contributed by atoms with Gasteiger partial charge in [0.2, 0.25) is 10.0 Å². The molecule has 1 saturated heterocycles. The minimum Gasteiger partial charge on any atom is -0.366 e. The van der Waals surface area contributed by atoms with Crippen LogP contribution >= 0.6 is 0 Å². The van der Waals surface area contributed by atoms with Crippen LogP contribution in [0.5, 0.6) is 0 Å². The monoisotopic (exact) mass is 373 g/mol. The predicted molar refractivity (Wildman–Crippen MR) is 98.5 cm³/mol. The molecule has 0 spiro atoms. The van der Waals surface area contributed by atoms with E-state index < -0.39 is 15.9 Å². The number of rotatable bonds is 4. The molecule has 1 aliphatic carbocycles. The summed E-state index contributed by atoms with van der Waals surface area (Å²) < 4.78 is 27.8. The van der Waals surface area contributed by atoms with Gasteiger partial charge in [0.1, 0.15) is 0 Å². The van der Waals surface area contributed by atoms with Crippen molar-refractivity contribution in [2.75, 3.05) is 13.1 Å². The van der Waals surface area contributed by atoms with Crippen LogP contribution in [-0.2, 0) is 22.9 Å². The smallest absolute Gasteiger partial charge is 0.250 e. The Morgan fingerprint density at radius 2 is 1.96 bits per heavy atom. The summed E-state index contributed by atoms with van der Waals surface area (Å²) in [5.74, 6) is -0.537. The number of nitrogens with one attached hydrogen (secondary N) is 1. The number of hydrogen-bond acceptors (Lipinski definition) is 3. The Kier molecular flexibility index (Phi) is 4.36. The summed E-state index contributed by atoms with van der Waals surface area (Å²) in [6.45, 7) is 0.864. The standard InChI is InChI=1S/C19H23N3O3S/c20-19(23)17-8-9-21-18(17)15-5-2-10-22(12-15)26(24,25)16-7-6-13-3-1-4-14(13)11-16/h6-9,11,15,21H,1-5,10,12H2,(H2,20,23). The maximum absolute atomic E-state index is 13.1. The number of fused-ring (bicyclic) bond motifs is 1. The van der Waals surface area contributed by atoms with E-state index in [1.54, 1.807) is 22.6 Å². The van der Waals surface area contributed by atoms with Crippen molar-refractivity contribution in [3.05, 3.63) is 52.8 Å². The van der Waals surface area contributed by atoms with Gasteiger partial charge in [0.05, 0.1) is 10.5 Å². The number of aromatic nitrogens is 1. The first-order valence-corrected chi connectivity index (χ1v) is 10.5. The second kappa shape index (κ2) is 6.55. The zero-order valence-corrected chi connectivity index (χ0v) is 15.4. The first-order chi connectivity index (χ1) is 12.5. The molecule has 1 unspecified atom stereocenters. The molecular formula is C19H23N3O3S. The number of nitrogens with zero attached hydrogens (tertiary/aromatic N) is 1. The fourth-order valence-corrected chi connectivity index (χ4v) is 5.76. The number of carbonyl (C=O) groups is 1. The van der Waals surface area contributed by atoms with Gasteiger partial charge in [-0.25, -0.2) is 8.42 Å². The molecule has 1 aromatic heterocycles. The van der Waals surface area contributed by atoms with Gasteiger partial charge in [0, 0.05) is 30.9 Å². The number of aryl methyl sites for hydroxylation is 2. The van der Waals surface area contributed by atoms with Crippen molar-refractivity contribution in [3.63, 3.8) is 0 Å². The van der Waals surface area contributed by atoms with Crippen molar-refractivity contribution in [3.8, 4) is 0 Å². The SMILES string of the molecule is NC(=O)c1cc[nH]c1C1CCCN(S(=O)(=O)c2ccc3c(c2)CCC3)C1. The van der Waals surface area contributed by atoms with Crippen molar-refractivity contribution in [1.29, 1.82) is 0 Å². The van der Waals surface area contributed by atoms with Crippen molar-refractivity contribution < 1.29 is 13.2 Å². The largest absolute Gasteiger partial charge is 0.366 e. The van der Waals surface area contributed by atoms with Crippen molar-refractivity contribution in [2.45, 2.75) is 42.9 Å². The van der Waals surface area contributed by atoms with E-state index in [0.717, 1.165) is 43.4 Å². The van der Waals surface area contributed by atoms with Crippen LogP contribution in [0.25, 0.3) is 0 Å². The number of benzene rings is 1. The quantitative estimate of drug-likeness (QED) is 0.859. The highest BCUT2D eigenvalue weighted by atomic mass is 32.2. The lowest BCUT2D eigenvalue weighted by molar-refractivity contribution is 0.0998. The van der Waals surface area contributed by atoms with Crippen molar-refractivity contribution >= 4 is 15.9 Å². The normalized spacial score (nSPS) is 20.8. The van der Waals surface area contributed by atoms with Gasteiger partial charge in [-0.15, -0.1) is 0 Å². The Hall–Kier alpha value is -2.12. The molecule has 1 fully saturated rings. The van der Waals surface area contributed by atoms with E-state index in [1.807, 2.05) is 12.1 Å². The van der Waals surface area contributed by atoms with Crippen LogP contribution in [-0.4, -0.2) is 36.7 Å². The topological polar surface area (TPSA) is 96.3 Å². The molecule has 1 aliphatic heterocycles. The third kappa shape index (κ3) is 2.95. The zero-order chi connectivity index (χ0) is 18.3. The van der Waals surface area contributed by atoms with Crippen LogP contribution < -0.4 is 5.73 Å². The average molecular weight is 373 g/mol. The second-order valence-electron chi connectivity index (χ2n) is 7.16. The molecule has 2 aliphatic rings. The summed E-state index contributed by atoms with van der Waals surface area (Å²) in [5, 5.41) is 0. The first kappa shape index (κ1) is 17.3. The molecule has 1 atom stereocenters. The summed E-state index contributed by atoms with van der Waals surface area (Å²) in [4.78, 5) is 15.1. The van der Waals surface area contributed by atoms with Crippen LogP contribution in [0.3, 0.4) is 0 Å². The average Bonchev–Trinajstić information content (AvgIpc) is 3.30. The number of sulfonamides is 1. The Balaban J connectivity index is 1.61. The van der Waals surface area contributed by atoms with Crippen LogP contribution in [0.15, 0.2) is 35.4 Å². The van der Waals surface area contributed by atoms with Gasteiger partial charge >= 0.3 is 0 Å². The molecule has 4 rings (SSSR count). The molecule has 1 amide bonds. The highest BCUT2D eigenvalue weighted by molar-refractivity contribution is 7.89. The molecule has 0 radical (unpaired) electrons. The number of amides is 1. The Morgan fingerprint density at radius 3 is 2.77 bits per heavy atom.